The van der Waals surface area contributed by atoms with Gasteiger partial charge in [0.25, 0.3) is 0 Å². The van der Waals surface area contributed by atoms with Crippen LogP contribution in [0, 0.1) is 5.92 Å². The summed E-state index contributed by atoms with van der Waals surface area (Å²) in [5, 5.41) is 8.68. The summed E-state index contributed by atoms with van der Waals surface area (Å²) in [6.07, 6.45) is 1.88. The zero-order valence-corrected chi connectivity index (χ0v) is 6.04. The van der Waals surface area contributed by atoms with Crippen LogP contribution in [0.4, 0.5) is 0 Å². The van der Waals surface area contributed by atoms with Gasteiger partial charge in [-0.1, -0.05) is 0 Å². The third-order valence-electron chi connectivity index (χ3n) is 1.90. The number of hydrogen-bond acceptors (Lipinski definition) is 3. The summed E-state index contributed by atoms with van der Waals surface area (Å²) in [5.74, 6) is -0.0490. The van der Waals surface area contributed by atoms with E-state index in [0.29, 0.717) is 0 Å². The number of esters is 1. The molecule has 58 valence electrons. The summed E-state index contributed by atoms with van der Waals surface area (Å²) in [7, 11) is 0. The van der Waals surface area contributed by atoms with Crippen LogP contribution >= 0.6 is 0 Å². The third kappa shape index (κ3) is 1.48. The molecule has 0 spiro atoms. The predicted molar refractivity (Wildman–Crippen MR) is 35.4 cm³/mol. The number of hydrogen-bond donors (Lipinski definition) is 1. The quantitative estimate of drug-likeness (QED) is 0.568. The van der Waals surface area contributed by atoms with Gasteiger partial charge >= 0.3 is 5.97 Å². The lowest BCUT2D eigenvalue weighted by atomic mass is 9.82. The van der Waals surface area contributed by atoms with E-state index < -0.39 is 0 Å². The second-order valence-corrected chi connectivity index (χ2v) is 2.67. The maximum atomic E-state index is 10.4. The predicted octanol–water partition coefficient (Wildman–Crippen LogP) is 0.320. The van der Waals surface area contributed by atoms with E-state index in [9.17, 15) is 4.79 Å². The summed E-state index contributed by atoms with van der Waals surface area (Å²) < 4.78 is 4.89. The number of carbonyl (C=O) groups excluding carboxylic acids is 1. The first-order valence-electron chi connectivity index (χ1n) is 3.52. The fourth-order valence-corrected chi connectivity index (χ4v) is 1.12. The average molecular weight is 144 g/mol. The van der Waals surface area contributed by atoms with Crippen LogP contribution in [0.25, 0.3) is 0 Å². The first kappa shape index (κ1) is 7.54. The Morgan fingerprint density at radius 3 is 2.70 bits per heavy atom. The highest BCUT2D eigenvalue weighted by Gasteiger charge is 2.32. The Labute approximate surface area is 60.0 Å². The van der Waals surface area contributed by atoms with Gasteiger partial charge in [0, 0.05) is 19.4 Å². The monoisotopic (exact) mass is 144 g/mol. The number of carbonyl (C=O) groups is 1. The van der Waals surface area contributed by atoms with Crippen molar-refractivity contribution >= 4 is 5.97 Å². The van der Waals surface area contributed by atoms with Crippen molar-refractivity contribution in [1.82, 2.24) is 0 Å². The van der Waals surface area contributed by atoms with Crippen molar-refractivity contribution in [3.63, 3.8) is 0 Å². The van der Waals surface area contributed by atoms with Crippen LogP contribution in [0.5, 0.6) is 0 Å². The number of rotatable bonds is 2. The van der Waals surface area contributed by atoms with Crippen LogP contribution in [0.3, 0.4) is 0 Å². The third-order valence-corrected chi connectivity index (χ3v) is 1.90. The molecule has 1 aliphatic carbocycles. The molecule has 0 aromatic rings. The molecule has 10 heavy (non-hydrogen) atoms. The fraction of sp³-hybridized carbons (Fsp3) is 0.857. The summed E-state index contributed by atoms with van der Waals surface area (Å²) >= 11 is 0. The Morgan fingerprint density at radius 1 is 1.70 bits per heavy atom. The van der Waals surface area contributed by atoms with Gasteiger partial charge in [0.05, 0.1) is 0 Å². The van der Waals surface area contributed by atoms with Crippen LogP contribution in [-0.2, 0) is 9.53 Å². The second kappa shape index (κ2) is 3.01. The van der Waals surface area contributed by atoms with E-state index in [1.807, 2.05) is 0 Å². The highest BCUT2D eigenvalue weighted by Crippen LogP contribution is 2.29. The van der Waals surface area contributed by atoms with Crippen molar-refractivity contribution in [3.05, 3.63) is 0 Å². The molecule has 3 nitrogen and oxygen atoms in total. The molecule has 1 N–H and O–H groups in total. The average Bonchev–Trinajstić information content (AvgIpc) is 1.82. The summed E-state index contributed by atoms with van der Waals surface area (Å²) in [5.41, 5.74) is 0. The van der Waals surface area contributed by atoms with Gasteiger partial charge in [-0.15, -0.1) is 0 Å². The van der Waals surface area contributed by atoms with Crippen LogP contribution in [0.2, 0.25) is 0 Å². The highest BCUT2D eigenvalue weighted by atomic mass is 16.5. The fourth-order valence-electron chi connectivity index (χ4n) is 1.12. The summed E-state index contributed by atoms with van der Waals surface area (Å²) in [6.45, 7) is 1.53. The Balaban J connectivity index is 2.23. The Kier molecular flexibility index (Phi) is 2.27. The van der Waals surface area contributed by atoms with Crippen molar-refractivity contribution in [3.8, 4) is 0 Å². The maximum Gasteiger partial charge on any atom is 0.302 e. The van der Waals surface area contributed by atoms with E-state index in [2.05, 4.69) is 0 Å². The zero-order valence-electron chi connectivity index (χ0n) is 6.04. The van der Waals surface area contributed by atoms with E-state index in [0.717, 1.165) is 12.8 Å². The molecular weight excluding hydrogens is 132 g/mol. The van der Waals surface area contributed by atoms with Gasteiger partial charge < -0.3 is 9.84 Å². The Morgan fingerprint density at radius 2 is 2.40 bits per heavy atom. The van der Waals surface area contributed by atoms with Gasteiger partial charge in [0.2, 0.25) is 0 Å². The topological polar surface area (TPSA) is 46.5 Å². The first-order chi connectivity index (χ1) is 4.74. The molecule has 0 aliphatic heterocycles. The molecular formula is C7H12O3. The van der Waals surface area contributed by atoms with E-state index >= 15 is 0 Å². The maximum absolute atomic E-state index is 10.4. The molecule has 3 heteroatoms. The lowest BCUT2D eigenvalue weighted by Crippen LogP contribution is -2.37. The molecule has 1 aliphatic rings. The summed E-state index contributed by atoms with van der Waals surface area (Å²) in [6, 6.07) is 0. The van der Waals surface area contributed by atoms with Crippen molar-refractivity contribution in [2.75, 3.05) is 6.61 Å². The van der Waals surface area contributed by atoms with Crippen molar-refractivity contribution < 1.29 is 14.6 Å². The van der Waals surface area contributed by atoms with Crippen molar-refractivity contribution in [2.45, 2.75) is 25.9 Å². The second-order valence-electron chi connectivity index (χ2n) is 2.67. The lowest BCUT2D eigenvalue weighted by Gasteiger charge is -2.33. The van der Waals surface area contributed by atoms with Gasteiger partial charge in [-0.2, -0.15) is 0 Å². The first-order valence-corrected chi connectivity index (χ1v) is 3.52. The van der Waals surface area contributed by atoms with E-state index in [-0.39, 0.29) is 24.6 Å². The van der Waals surface area contributed by atoms with E-state index in [1.54, 1.807) is 0 Å². The molecule has 1 fully saturated rings. The van der Waals surface area contributed by atoms with Crippen molar-refractivity contribution in [1.29, 1.82) is 0 Å². The molecule has 0 saturated heterocycles. The zero-order chi connectivity index (χ0) is 7.56. The molecule has 1 rings (SSSR count). The van der Waals surface area contributed by atoms with Gasteiger partial charge in [0.1, 0.15) is 6.10 Å². The normalized spacial score (nSPS) is 31.0. The molecule has 0 heterocycles. The van der Waals surface area contributed by atoms with Gasteiger partial charge in [-0.05, 0) is 12.8 Å². The molecule has 1 saturated carbocycles. The van der Waals surface area contributed by atoms with Gasteiger partial charge in [0.15, 0.2) is 0 Å². The lowest BCUT2D eigenvalue weighted by molar-refractivity contribution is -0.156. The molecule has 0 unspecified atom stereocenters. The minimum absolute atomic E-state index is 0.0116. The molecule has 2 atom stereocenters. The largest absolute Gasteiger partial charge is 0.462 e. The van der Waals surface area contributed by atoms with Gasteiger partial charge in [-0.25, -0.2) is 0 Å². The van der Waals surface area contributed by atoms with Gasteiger partial charge in [-0.3, -0.25) is 4.79 Å². The molecule has 0 radical (unpaired) electrons. The Bertz CT molecular complexity index is 131. The minimum atomic E-state index is -0.247. The SMILES string of the molecule is CC(=O)O[C@@H]1CC[C@@H]1CO. The number of aliphatic hydroxyl groups excluding tert-OH is 1. The molecule has 0 amide bonds. The van der Waals surface area contributed by atoms with E-state index in [4.69, 9.17) is 9.84 Å². The van der Waals surface area contributed by atoms with Crippen LogP contribution in [0.15, 0.2) is 0 Å². The number of ether oxygens (including phenoxy) is 1. The molecule has 0 aromatic heterocycles. The molecule has 0 bridgehead atoms. The molecule has 0 aromatic carbocycles. The number of aliphatic hydroxyl groups is 1. The van der Waals surface area contributed by atoms with Crippen molar-refractivity contribution in [2.24, 2.45) is 5.92 Å². The standard InChI is InChI=1S/C7H12O3/c1-5(9)10-7-3-2-6(7)4-8/h6-8H,2-4H2,1H3/t6-,7-/m1/s1. The van der Waals surface area contributed by atoms with Crippen LogP contribution < -0.4 is 0 Å². The van der Waals surface area contributed by atoms with E-state index in [1.165, 1.54) is 6.92 Å². The van der Waals surface area contributed by atoms with Crippen LogP contribution in [-0.4, -0.2) is 23.8 Å². The minimum Gasteiger partial charge on any atom is -0.462 e. The summed E-state index contributed by atoms with van der Waals surface area (Å²) in [4.78, 5) is 10.4. The highest BCUT2D eigenvalue weighted by molar-refractivity contribution is 5.66. The van der Waals surface area contributed by atoms with Crippen LogP contribution in [0.1, 0.15) is 19.8 Å². The Hall–Kier alpha value is -0.570. The smallest absolute Gasteiger partial charge is 0.302 e.